The Morgan fingerprint density at radius 3 is 1.94 bits per heavy atom. The van der Waals surface area contributed by atoms with Crippen molar-refractivity contribution < 1.29 is 19.1 Å². The average molecular weight is 762 g/mol. The van der Waals surface area contributed by atoms with Crippen LogP contribution in [0.15, 0.2) is 71.7 Å². The fourth-order valence-electron chi connectivity index (χ4n) is 7.15. The molecule has 1 saturated heterocycles. The van der Waals surface area contributed by atoms with E-state index in [2.05, 4.69) is 32.9 Å². The molecule has 0 aliphatic carbocycles. The van der Waals surface area contributed by atoms with Crippen LogP contribution in [-0.4, -0.2) is 71.5 Å². The van der Waals surface area contributed by atoms with E-state index >= 15 is 0 Å². The van der Waals surface area contributed by atoms with Crippen molar-refractivity contribution in [2.24, 2.45) is 4.99 Å². The van der Waals surface area contributed by atoms with E-state index in [1.165, 1.54) is 0 Å². The highest BCUT2D eigenvalue weighted by Crippen LogP contribution is 2.46. The van der Waals surface area contributed by atoms with Crippen LogP contribution >= 0.6 is 23.2 Å². The molecule has 5 rings (SSSR count). The summed E-state index contributed by atoms with van der Waals surface area (Å²) < 4.78 is 6.26. The van der Waals surface area contributed by atoms with Gasteiger partial charge >= 0.3 is 6.03 Å². The number of hydrogen-bond acceptors (Lipinski definition) is 5. The molecule has 3 amide bonds. The maximum absolute atomic E-state index is 15.0. The van der Waals surface area contributed by atoms with Crippen molar-refractivity contribution in [3.63, 3.8) is 0 Å². The number of ether oxygens (including phenoxy) is 1. The fraction of sp³-hybridized carbons (Fsp3) is 0.488. The van der Waals surface area contributed by atoms with Gasteiger partial charge in [0.15, 0.2) is 0 Å². The van der Waals surface area contributed by atoms with Gasteiger partial charge in [0.05, 0.1) is 18.2 Å². The quantitative estimate of drug-likeness (QED) is 0.114. The van der Waals surface area contributed by atoms with Gasteiger partial charge in [0, 0.05) is 49.1 Å². The van der Waals surface area contributed by atoms with Gasteiger partial charge in [0.1, 0.15) is 23.9 Å². The van der Waals surface area contributed by atoms with Gasteiger partial charge in [-0.2, -0.15) is 0 Å². The zero-order chi connectivity index (χ0) is 38.0. The number of nitrogens with zero attached hydrogens (tertiary/aromatic N) is 4. The number of halogens is 2. The lowest BCUT2D eigenvalue weighted by molar-refractivity contribution is -0.132. The number of urea groups is 1. The van der Waals surface area contributed by atoms with E-state index in [0.717, 1.165) is 73.5 Å². The number of piperazine rings is 1. The van der Waals surface area contributed by atoms with Crippen LogP contribution in [0.5, 0.6) is 5.75 Å². The minimum absolute atomic E-state index is 0.107. The van der Waals surface area contributed by atoms with Gasteiger partial charge in [-0.15, -0.1) is 0 Å². The first-order chi connectivity index (χ1) is 25.5. The molecule has 3 aromatic carbocycles. The molecule has 0 bridgehead atoms. The maximum atomic E-state index is 15.0. The van der Waals surface area contributed by atoms with Crippen LogP contribution in [0, 0.1) is 0 Å². The Balaban J connectivity index is 1.39. The third-order valence-corrected chi connectivity index (χ3v) is 10.7. The zero-order valence-electron chi connectivity index (χ0n) is 31.7. The molecular weight excluding hydrogens is 707 g/mol. The van der Waals surface area contributed by atoms with Crippen LogP contribution in [0.25, 0.3) is 0 Å². The Kier molecular flexibility index (Phi) is 14.4. The van der Waals surface area contributed by atoms with Gasteiger partial charge in [-0.25, -0.2) is 4.79 Å². The first-order valence-electron chi connectivity index (χ1n) is 19.2. The van der Waals surface area contributed by atoms with E-state index in [9.17, 15) is 14.4 Å². The predicted octanol–water partition coefficient (Wildman–Crippen LogP) is 10.2. The highest BCUT2D eigenvalue weighted by atomic mass is 35.5. The number of aliphatic imine (C=N–C) groups is 1. The third-order valence-electron chi connectivity index (χ3n) is 10.2. The molecule has 8 nitrogen and oxygen atoms in total. The first-order valence-corrected chi connectivity index (χ1v) is 19.9. The number of benzene rings is 3. The van der Waals surface area contributed by atoms with Crippen LogP contribution < -0.4 is 4.74 Å². The summed E-state index contributed by atoms with van der Waals surface area (Å²) in [6.45, 7) is 10.7. The molecule has 2 aliphatic heterocycles. The molecule has 2 atom stereocenters. The zero-order valence-corrected chi connectivity index (χ0v) is 33.2. The topological polar surface area (TPSA) is 82.5 Å². The molecule has 0 N–H and O–H groups in total. The number of amides is 3. The number of carbonyl (C=O) groups is 3. The molecular formula is C43H54Cl2N4O4. The smallest absolute Gasteiger partial charge is 0.326 e. The minimum atomic E-state index is -0.475. The predicted molar refractivity (Wildman–Crippen MR) is 214 cm³/mol. The van der Waals surface area contributed by atoms with Crippen LogP contribution in [0.3, 0.4) is 0 Å². The summed E-state index contributed by atoms with van der Waals surface area (Å²) in [4.78, 5) is 49.5. The molecule has 2 unspecified atom stereocenters. The number of carbonyl (C=O) groups excluding carboxylic acids is 3. The summed E-state index contributed by atoms with van der Waals surface area (Å²) in [6.07, 6.45) is 9.47. The van der Waals surface area contributed by atoms with Gasteiger partial charge in [0.2, 0.25) is 5.91 Å². The second kappa shape index (κ2) is 18.9. The Morgan fingerprint density at radius 1 is 0.792 bits per heavy atom. The Morgan fingerprint density at radius 2 is 1.36 bits per heavy atom. The molecule has 10 heteroatoms. The van der Waals surface area contributed by atoms with Crippen LogP contribution in [0.4, 0.5) is 4.79 Å². The van der Waals surface area contributed by atoms with Crippen molar-refractivity contribution in [2.75, 3.05) is 32.8 Å². The van der Waals surface area contributed by atoms with E-state index in [1.807, 2.05) is 76.2 Å². The second-order valence-corrected chi connectivity index (χ2v) is 15.9. The number of rotatable bonds is 15. The molecule has 53 heavy (non-hydrogen) atoms. The maximum Gasteiger partial charge on any atom is 0.326 e. The Hall–Kier alpha value is -3.88. The lowest BCUT2D eigenvalue weighted by Gasteiger charge is -2.39. The minimum Gasteiger partial charge on any atom is -0.493 e. The summed E-state index contributed by atoms with van der Waals surface area (Å²) in [5.74, 6) is 1.37. The highest BCUT2D eigenvalue weighted by Gasteiger charge is 2.45. The third kappa shape index (κ3) is 10.4. The van der Waals surface area contributed by atoms with Crippen molar-refractivity contribution >= 4 is 47.3 Å². The summed E-state index contributed by atoms with van der Waals surface area (Å²) in [5, 5.41) is 1.23. The van der Waals surface area contributed by atoms with E-state index < -0.39 is 12.1 Å². The lowest BCUT2D eigenvalue weighted by atomic mass is 9.86. The van der Waals surface area contributed by atoms with Crippen LogP contribution in [0.1, 0.15) is 120 Å². The van der Waals surface area contributed by atoms with Crippen molar-refractivity contribution in [1.82, 2.24) is 14.7 Å². The number of unbranched alkanes of at least 4 members (excludes halogenated alkanes) is 7. The Bertz CT molecular complexity index is 1710. The summed E-state index contributed by atoms with van der Waals surface area (Å²) in [5.41, 5.74) is 3.60. The largest absolute Gasteiger partial charge is 0.493 e. The van der Waals surface area contributed by atoms with Gasteiger partial charge < -0.3 is 19.3 Å². The average Bonchev–Trinajstić information content (AvgIpc) is 3.54. The molecule has 1 fully saturated rings. The van der Waals surface area contributed by atoms with Gasteiger partial charge in [-0.3, -0.25) is 14.7 Å². The molecule has 284 valence electrons. The van der Waals surface area contributed by atoms with E-state index in [1.54, 1.807) is 0 Å². The standard InChI is InChI=1S/C43H54Cl2N4O4/c1-5-53-37-30-33(43(2,3)4)19-24-36(37)41-46-39(31-15-20-34(44)21-16-31)40(32-17-22-35(45)23-18-32)49(41)42(52)48-27-25-47(26-28-48)38(51)14-12-10-8-6-7-9-11-13-29-50/h15-24,29-30,39-40H,5-14,25-28H2,1-4H3. The number of hydrogen-bond donors (Lipinski definition) is 0. The SMILES string of the molecule is CCOc1cc(C(C)(C)C)ccc1C1=NC(c2ccc(Cl)cc2)C(c2ccc(Cl)cc2)N1C(=O)N1CCN(C(=O)CCCCCCCCCC=O)CC1. The van der Waals surface area contributed by atoms with Crippen molar-refractivity contribution in [2.45, 2.75) is 103 Å². The molecule has 0 aromatic heterocycles. The lowest BCUT2D eigenvalue weighted by Crippen LogP contribution is -2.55. The highest BCUT2D eigenvalue weighted by molar-refractivity contribution is 6.30. The van der Waals surface area contributed by atoms with Gasteiger partial charge in [-0.05, 0) is 78.3 Å². The van der Waals surface area contributed by atoms with Crippen LogP contribution in [-0.2, 0) is 15.0 Å². The molecule has 2 aliphatic rings. The normalized spacial score (nSPS) is 17.5. The summed E-state index contributed by atoms with van der Waals surface area (Å²) in [6, 6.07) is 20.4. The molecule has 3 aromatic rings. The molecule has 0 spiro atoms. The summed E-state index contributed by atoms with van der Waals surface area (Å²) >= 11 is 12.7. The van der Waals surface area contributed by atoms with E-state index in [4.69, 9.17) is 32.9 Å². The van der Waals surface area contributed by atoms with Crippen molar-refractivity contribution in [1.29, 1.82) is 0 Å². The van der Waals surface area contributed by atoms with Gasteiger partial charge in [-0.1, -0.05) is 106 Å². The monoisotopic (exact) mass is 760 g/mol. The van der Waals surface area contributed by atoms with E-state index in [0.29, 0.717) is 67.3 Å². The second-order valence-electron chi connectivity index (χ2n) is 15.0. The molecule has 0 saturated carbocycles. The number of aldehydes is 1. The van der Waals surface area contributed by atoms with Crippen molar-refractivity contribution in [3.05, 3.63) is 99.0 Å². The molecule has 0 radical (unpaired) electrons. The first kappa shape index (κ1) is 40.3. The molecule has 2 heterocycles. The van der Waals surface area contributed by atoms with Crippen LogP contribution in [0.2, 0.25) is 10.0 Å². The van der Waals surface area contributed by atoms with E-state index in [-0.39, 0.29) is 17.4 Å². The Labute approximate surface area is 325 Å². The number of amidine groups is 1. The van der Waals surface area contributed by atoms with Crippen molar-refractivity contribution in [3.8, 4) is 5.75 Å². The summed E-state index contributed by atoms with van der Waals surface area (Å²) in [7, 11) is 0. The fourth-order valence-corrected chi connectivity index (χ4v) is 7.40. The van der Waals surface area contributed by atoms with Gasteiger partial charge in [0.25, 0.3) is 0 Å².